The Morgan fingerprint density at radius 3 is 2.74 bits per heavy atom. The lowest BCUT2D eigenvalue weighted by molar-refractivity contribution is 0.0683. The van der Waals surface area contributed by atoms with E-state index in [0.29, 0.717) is 30.2 Å². The van der Waals surface area contributed by atoms with Crippen molar-refractivity contribution in [2.75, 3.05) is 19.7 Å². The SMILES string of the molecule is CCOC(C)c1noc(CNC(=O)N2CC3CCCCC3C2)n1. The van der Waals surface area contributed by atoms with Crippen molar-refractivity contribution in [1.29, 1.82) is 0 Å². The van der Waals surface area contributed by atoms with Gasteiger partial charge in [-0.15, -0.1) is 0 Å². The Labute approximate surface area is 136 Å². The van der Waals surface area contributed by atoms with Crippen LogP contribution in [0.15, 0.2) is 4.52 Å². The highest BCUT2D eigenvalue weighted by atomic mass is 16.5. The summed E-state index contributed by atoms with van der Waals surface area (Å²) in [7, 11) is 0. The molecule has 2 heterocycles. The molecule has 3 rings (SSSR count). The maximum atomic E-state index is 12.3. The number of hydrogen-bond acceptors (Lipinski definition) is 5. The minimum Gasteiger partial charge on any atom is -0.371 e. The predicted octanol–water partition coefficient (Wildman–Crippen LogP) is 2.50. The molecule has 0 radical (unpaired) electrons. The van der Waals surface area contributed by atoms with E-state index in [-0.39, 0.29) is 18.7 Å². The van der Waals surface area contributed by atoms with Crippen LogP contribution < -0.4 is 5.32 Å². The van der Waals surface area contributed by atoms with Crippen molar-refractivity contribution in [3.63, 3.8) is 0 Å². The fourth-order valence-electron chi connectivity index (χ4n) is 3.66. The number of urea groups is 1. The molecule has 0 spiro atoms. The Balaban J connectivity index is 1.47. The van der Waals surface area contributed by atoms with Crippen molar-refractivity contribution in [1.82, 2.24) is 20.4 Å². The molecule has 1 aromatic heterocycles. The third-order valence-electron chi connectivity index (χ3n) is 4.92. The quantitative estimate of drug-likeness (QED) is 0.901. The number of ether oxygens (including phenoxy) is 1. The Kier molecular flexibility index (Phi) is 5.15. The second kappa shape index (κ2) is 7.29. The molecule has 2 aliphatic rings. The van der Waals surface area contributed by atoms with Gasteiger partial charge in [0.05, 0.1) is 6.54 Å². The number of carbonyl (C=O) groups excluding carboxylic acids is 1. The van der Waals surface area contributed by atoms with E-state index in [4.69, 9.17) is 9.26 Å². The first kappa shape index (κ1) is 16.2. The molecule has 3 atom stereocenters. The number of rotatable bonds is 5. The summed E-state index contributed by atoms with van der Waals surface area (Å²) < 4.78 is 10.6. The highest BCUT2D eigenvalue weighted by molar-refractivity contribution is 5.74. The molecule has 0 bridgehead atoms. The molecule has 2 fully saturated rings. The molecule has 1 N–H and O–H groups in total. The Morgan fingerprint density at radius 2 is 2.09 bits per heavy atom. The molecule has 23 heavy (non-hydrogen) atoms. The molecular formula is C16H26N4O3. The van der Waals surface area contributed by atoms with Gasteiger partial charge in [0.1, 0.15) is 6.10 Å². The van der Waals surface area contributed by atoms with Gasteiger partial charge in [-0.2, -0.15) is 4.98 Å². The van der Waals surface area contributed by atoms with Crippen molar-refractivity contribution in [2.24, 2.45) is 11.8 Å². The van der Waals surface area contributed by atoms with Crippen molar-refractivity contribution in [3.05, 3.63) is 11.7 Å². The smallest absolute Gasteiger partial charge is 0.317 e. The molecule has 3 unspecified atom stereocenters. The van der Waals surface area contributed by atoms with Crippen LogP contribution >= 0.6 is 0 Å². The van der Waals surface area contributed by atoms with Gasteiger partial charge >= 0.3 is 6.03 Å². The van der Waals surface area contributed by atoms with E-state index in [1.54, 1.807) is 0 Å². The number of nitrogens with one attached hydrogen (secondary N) is 1. The van der Waals surface area contributed by atoms with Crippen molar-refractivity contribution < 1.29 is 14.1 Å². The third kappa shape index (κ3) is 3.83. The number of aromatic nitrogens is 2. The zero-order valence-electron chi connectivity index (χ0n) is 14.0. The summed E-state index contributed by atoms with van der Waals surface area (Å²) in [6.07, 6.45) is 4.93. The van der Waals surface area contributed by atoms with Crippen LogP contribution in [-0.4, -0.2) is 40.8 Å². The first-order valence-electron chi connectivity index (χ1n) is 8.64. The fourth-order valence-corrected chi connectivity index (χ4v) is 3.66. The summed E-state index contributed by atoms with van der Waals surface area (Å²) in [4.78, 5) is 18.5. The van der Waals surface area contributed by atoms with Crippen LogP contribution in [0.3, 0.4) is 0 Å². The Bertz CT molecular complexity index is 519. The van der Waals surface area contributed by atoms with Gasteiger partial charge in [-0.05, 0) is 38.5 Å². The zero-order valence-corrected chi connectivity index (χ0v) is 14.0. The molecule has 0 aromatic carbocycles. The van der Waals surface area contributed by atoms with E-state index >= 15 is 0 Å². The minimum atomic E-state index is -0.199. The Hall–Kier alpha value is -1.63. The van der Waals surface area contributed by atoms with Gasteiger partial charge in [-0.3, -0.25) is 0 Å². The first-order valence-corrected chi connectivity index (χ1v) is 8.64. The average molecular weight is 322 g/mol. The highest BCUT2D eigenvalue weighted by Crippen LogP contribution is 2.35. The second-order valence-corrected chi connectivity index (χ2v) is 6.51. The Morgan fingerprint density at radius 1 is 1.39 bits per heavy atom. The standard InChI is InChI=1S/C16H26N4O3/c1-3-22-11(2)15-18-14(23-19-15)8-17-16(21)20-9-12-6-4-5-7-13(12)10-20/h11-13H,3-10H2,1-2H3,(H,17,21). The van der Waals surface area contributed by atoms with E-state index in [9.17, 15) is 4.79 Å². The highest BCUT2D eigenvalue weighted by Gasteiger charge is 2.36. The van der Waals surface area contributed by atoms with E-state index < -0.39 is 0 Å². The van der Waals surface area contributed by atoms with Crippen molar-refractivity contribution in [2.45, 2.75) is 52.2 Å². The molecule has 1 saturated carbocycles. The topological polar surface area (TPSA) is 80.5 Å². The van der Waals surface area contributed by atoms with Crippen LogP contribution in [0.4, 0.5) is 4.79 Å². The third-order valence-corrected chi connectivity index (χ3v) is 4.92. The van der Waals surface area contributed by atoms with E-state index in [1.165, 1.54) is 25.7 Å². The second-order valence-electron chi connectivity index (χ2n) is 6.51. The van der Waals surface area contributed by atoms with Crippen LogP contribution in [0.2, 0.25) is 0 Å². The summed E-state index contributed by atoms with van der Waals surface area (Å²) in [6.45, 7) is 6.42. The lowest BCUT2D eigenvalue weighted by atomic mass is 9.82. The molecule has 2 amide bonds. The summed E-state index contributed by atoms with van der Waals surface area (Å²) in [6, 6.07) is -0.0305. The molecule has 1 aliphatic carbocycles. The number of amides is 2. The van der Waals surface area contributed by atoms with Gasteiger partial charge in [0, 0.05) is 19.7 Å². The van der Waals surface area contributed by atoms with Crippen molar-refractivity contribution >= 4 is 6.03 Å². The molecular weight excluding hydrogens is 296 g/mol. The maximum absolute atomic E-state index is 12.3. The fraction of sp³-hybridized carbons (Fsp3) is 0.812. The first-order chi connectivity index (χ1) is 11.2. The van der Waals surface area contributed by atoms with Gasteiger partial charge in [0.2, 0.25) is 5.89 Å². The van der Waals surface area contributed by atoms with Crippen LogP contribution in [0, 0.1) is 11.8 Å². The van der Waals surface area contributed by atoms with Crippen LogP contribution in [0.5, 0.6) is 0 Å². The predicted molar refractivity (Wildman–Crippen MR) is 83.6 cm³/mol. The number of fused-ring (bicyclic) bond motifs is 1. The number of nitrogens with zero attached hydrogens (tertiary/aromatic N) is 3. The van der Waals surface area contributed by atoms with Gasteiger partial charge in [-0.1, -0.05) is 18.0 Å². The lowest BCUT2D eigenvalue weighted by Crippen LogP contribution is -2.38. The van der Waals surface area contributed by atoms with Gasteiger partial charge in [-0.25, -0.2) is 4.79 Å². The molecule has 1 saturated heterocycles. The minimum absolute atomic E-state index is 0.0305. The van der Waals surface area contributed by atoms with E-state index in [2.05, 4.69) is 15.5 Å². The summed E-state index contributed by atoms with van der Waals surface area (Å²) in [5, 5.41) is 6.78. The summed E-state index contributed by atoms with van der Waals surface area (Å²) >= 11 is 0. The molecule has 1 aliphatic heterocycles. The molecule has 7 heteroatoms. The summed E-state index contributed by atoms with van der Waals surface area (Å²) in [5.74, 6) is 2.31. The molecule has 128 valence electrons. The normalized spacial score (nSPS) is 25.2. The van der Waals surface area contributed by atoms with Crippen LogP contribution in [0.1, 0.15) is 57.3 Å². The molecule has 1 aromatic rings. The van der Waals surface area contributed by atoms with Gasteiger partial charge < -0.3 is 19.5 Å². The maximum Gasteiger partial charge on any atom is 0.317 e. The number of carbonyl (C=O) groups is 1. The largest absolute Gasteiger partial charge is 0.371 e. The van der Waals surface area contributed by atoms with Crippen molar-refractivity contribution in [3.8, 4) is 0 Å². The number of hydrogen-bond donors (Lipinski definition) is 1. The molecule has 7 nitrogen and oxygen atoms in total. The van der Waals surface area contributed by atoms with E-state index in [1.807, 2.05) is 18.7 Å². The van der Waals surface area contributed by atoms with Gasteiger partial charge in [0.25, 0.3) is 0 Å². The zero-order chi connectivity index (χ0) is 16.2. The lowest BCUT2D eigenvalue weighted by Gasteiger charge is -2.22. The average Bonchev–Trinajstić information content (AvgIpc) is 3.19. The van der Waals surface area contributed by atoms with Gasteiger partial charge in [0.15, 0.2) is 5.82 Å². The van der Waals surface area contributed by atoms with E-state index in [0.717, 1.165) is 13.1 Å². The van der Waals surface area contributed by atoms with Crippen LogP contribution in [-0.2, 0) is 11.3 Å². The van der Waals surface area contributed by atoms with Crippen LogP contribution in [0.25, 0.3) is 0 Å². The monoisotopic (exact) mass is 322 g/mol. The number of likely N-dealkylation sites (tertiary alicyclic amines) is 1. The summed E-state index contributed by atoms with van der Waals surface area (Å²) in [5.41, 5.74) is 0.